The first-order chi connectivity index (χ1) is 16.8. The number of aryl methyl sites for hydroxylation is 1. The van der Waals surface area contributed by atoms with Crippen LogP contribution in [0.15, 0.2) is 62.4 Å². The van der Waals surface area contributed by atoms with Crippen LogP contribution in [-0.4, -0.2) is 26.1 Å². The Morgan fingerprint density at radius 1 is 1.06 bits per heavy atom. The standard InChI is InChI=1S/C25H20ClNO8/c1-13-7-20-15(9-17(13)26)14(8-23(28)35-20)12-34-25(30)16-10-21(31-2)22(32-3)11-18(16)27-24(29)19-5-4-6-33-19/h4-11H,12H2,1-3H3,(H,27,29). The van der Waals surface area contributed by atoms with Crippen molar-refractivity contribution in [2.75, 3.05) is 19.5 Å². The van der Waals surface area contributed by atoms with E-state index in [9.17, 15) is 14.4 Å². The van der Waals surface area contributed by atoms with Crippen molar-refractivity contribution in [2.24, 2.45) is 0 Å². The van der Waals surface area contributed by atoms with Crippen LogP contribution in [0.2, 0.25) is 5.02 Å². The normalized spacial score (nSPS) is 10.7. The highest BCUT2D eigenvalue weighted by Crippen LogP contribution is 2.34. The first kappa shape index (κ1) is 23.9. The van der Waals surface area contributed by atoms with E-state index in [2.05, 4.69) is 5.32 Å². The van der Waals surface area contributed by atoms with Crippen molar-refractivity contribution in [3.8, 4) is 11.5 Å². The Morgan fingerprint density at radius 2 is 1.80 bits per heavy atom. The smallest absolute Gasteiger partial charge is 0.340 e. The van der Waals surface area contributed by atoms with Gasteiger partial charge in [0.1, 0.15) is 12.2 Å². The van der Waals surface area contributed by atoms with E-state index in [1.54, 1.807) is 25.1 Å². The van der Waals surface area contributed by atoms with Crippen molar-refractivity contribution in [1.29, 1.82) is 0 Å². The molecule has 0 saturated carbocycles. The van der Waals surface area contributed by atoms with Gasteiger partial charge in [0, 0.05) is 34.2 Å². The van der Waals surface area contributed by atoms with E-state index in [4.69, 9.17) is 34.6 Å². The molecule has 0 bridgehead atoms. The lowest BCUT2D eigenvalue weighted by Crippen LogP contribution is -2.16. The van der Waals surface area contributed by atoms with Crippen LogP contribution in [0.3, 0.4) is 0 Å². The van der Waals surface area contributed by atoms with Crippen molar-refractivity contribution < 1.29 is 32.6 Å². The van der Waals surface area contributed by atoms with Gasteiger partial charge in [-0.3, -0.25) is 4.79 Å². The molecule has 0 aliphatic carbocycles. The monoisotopic (exact) mass is 497 g/mol. The molecule has 0 spiro atoms. The third-order valence-electron chi connectivity index (χ3n) is 5.20. The molecule has 4 aromatic rings. The molecule has 2 aromatic carbocycles. The third kappa shape index (κ3) is 4.99. The van der Waals surface area contributed by atoms with E-state index in [-0.39, 0.29) is 35.1 Å². The molecule has 1 amide bonds. The number of anilines is 1. The van der Waals surface area contributed by atoms with E-state index in [1.165, 1.54) is 44.7 Å². The predicted molar refractivity (Wildman–Crippen MR) is 128 cm³/mol. The molecular weight excluding hydrogens is 478 g/mol. The summed E-state index contributed by atoms with van der Waals surface area (Å²) >= 11 is 6.23. The minimum Gasteiger partial charge on any atom is -0.493 e. The van der Waals surface area contributed by atoms with E-state index in [0.717, 1.165) is 5.56 Å². The molecule has 0 atom stereocenters. The molecule has 0 radical (unpaired) electrons. The van der Waals surface area contributed by atoms with Gasteiger partial charge in [-0.25, -0.2) is 9.59 Å². The van der Waals surface area contributed by atoms with Crippen LogP contribution >= 0.6 is 11.6 Å². The van der Waals surface area contributed by atoms with Crippen molar-refractivity contribution >= 4 is 40.1 Å². The fraction of sp³-hybridized carbons (Fsp3) is 0.160. The van der Waals surface area contributed by atoms with Gasteiger partial charge < -0.3 is 28.4 Å². The Balaban J connectivity index is 1.67. The number of ether oxygens (including phenoxy) is 3. The first-order valence-electron chi connectivity index (χ1n) is 10.3. The summed E-state index contributed by atoms with van der Waals surface area (Å²) in [6, 6.07) is 10.4. The predicted octanol–water partition coefficient (Wildman–Crippen LogP) is 4.97. The van der Waals surface area contributed by atoms with Gasteiger partial charge in [-0.05, 0) is 36.8 Å². The largest absolute Gasteiger partial charge is 0.493 e. The molecular formula is C25H20ClNO8. The van der Waals surface area contributed by atoms with E-state index >= 15 is 0 Å². The molecule has 0 saturated heterocycles. The summed E-state index contributed by atoms with van der Waals surface area (Å²) in [6.45, 7) is 1.53. The summed E-state index contributed by atoms with van der Waals surface area (Å²) in [5, 5.41) is 3.63. The lowest BCUT2D eigenvalue weighted by atomic mass is 10.1. The Morgan fingerprint density at radius 3 is 2.49 bits per heavy atom. The van der Waals surface area contributed by atoms with Crippen LogP contribution in [0, 0.1) is 6.92 Å². The van der Waals surface area contributed by atoms with Crippen LogP contribution in [0.4, 0.5) is 5.69 Å². The molecule has 0 unspecified atom stereocenters. The van der Waals surface area contributed by atoms with Crippen molar-refractivity contribution in [2.45, 2.75) is 13.5 Å². The van der Waals surface area contributed by atoms with Gasteiger partial charge in [-0.2, -0.15) is 0 Å². The zero-order valence-corrected chi connectivity index (χ0v) is 19.7. The van der Waals surface area contributed by atoms with Crippen LogP contribution in [0.25, 0.3) is 11.0 Å². The van der Waals surface area contributed by atoms with E-state index in [0.29, 0.717) is 21.6 Å². The maximum absolute atomic E-state index is 13.1. The number of furan rings is 1. The maximum atomic E-state index is 13.1. The highest BCUT2D eigenvalue weighted by atomic mass is 35.5. The number of hydrogen-bond donors (Lipinski definition) is 1. The topological polar surface area (TPSA) is 117 Å². The second-order valence-electron chi connectivity index (χ2n) is 7.45. The Bertz CT molecular complexity index is 1470. The number of carbonyl (C=O) groups is 2. The van der Waals surface area contributed by atoms with Crippen molar-refractivity contribution in [1.82, 2.24) is 0 Å². The summed E-state index contributed by atoms with van der Waals surface area (Å²) in [5.74, 6) is -0.763. The van der Waals surface area contributed by atoms with Gasteiger partial charge in [0.25, 0.3) is 5.91 Å². The molecule has 180 valence electrons. The number of halogens is 1. The SMILES string of the molecule is COc1cc(NC(=O)c2ccco2)c(C(=O)OCc2cc(=O)oc3cc(C)c(Cl)cc23)cc1OC. The number of fused-ring (bicyclic) bond motifs is 1. The molecule has 1 N–H and O–H groups in total. The number of amides is 1. The Hall–Kier alpha value is -4.24. The third-order valence-corrected chi connectivity index (χ3v) is 5.61. The number of esters is 1. The molecule has 9 nitrogen and oxygen atoms in total. The summed E-state index contributed by atoms with van der Waals surface area (Å²) in [6.07, 6.45) is 1.35. The van der Waals surface area contributed by atoms with Gasteiger partial charge in [0.15, 0.2) is 17.3 Å². The Kier molecular flexibility index (Phi) is 6.79. The fourth-order valence-corrected chi connectivity index (χ4v) is 3.60. The quantitative estimate of drug-likeness (QED) is 0.281. The minimum atomic E-state index is -0.778. The highest BCUT2D eigenvalue weighted by molar-refractivity contribution is 6.32. The Labute approximate surface area is 204 Å². The van der Waals surface area contributed by atoms with E-state index in [1.807, 2.05) is 0 Å². The zero-order chi connectivity index (χ0) is 25.1. The van der Waals surface area contributed by atoms with Gasteiger partial charge in [0.2, 0.25) is 0 Å². The average Bonchev–Trinajstić information content (AvgIpc) is 3.38. The van der Waals surface area contributed by atoms with Gasteiger partial charge in [0.05, 0.1) is 31.7 Å². The fourth-order valence-electron chi connectivity index (χ4n) is 3.43. The van der Waals surface area contributed by atoms with Crippen LogP contribution in [0.5, 0.6) is 11.5 Å². The number of carbonyl (C=O) groups excluding carboxylic acids is 2. The van der Waals surface area contributed by atoms with Crippen LogP contribution < -0.4 is 20.4 Å². The van der Waals surface area contributed by atoms with Gasteiger partial charge in [-0.1, -0.05) is 11.6 Å². The second kappa shape index (κ2) is 9.94. The molecule has 4 rings (SSSR count). The summed E-state index contributed by atoms with van der Waals surface area (Å²) < 4.78 is 26.4. The summed E-state index contributed by atoms with van der Waals surface area (Å²) in [5.41, 5.74) is 0.992. The summed E-state index contributed by atoms with van der Waals surface area (Å²) in [7, 11) is 2.84. The van der Waals surface area contributed by atoms with Crippen LogP contribution in [-0.2, 0) is 11.3 Å². The molecule has 0 aliphatic rings. The highest BCUT2D eigenvalue weighted by Gasteiger charge is 2.22. The lowest BCUT2D eigenvalue weighted by molar-refractivity contribution is 0.0474. The number of rotatable bonds is 7. The molecule has 10 heteroatoms. The lowest BCUT2D eigenvalue weighted by Gasteiger charge is -2.15. The minimum absolute atomic E-state index is 0.00343. The molecule has 2 aromatic heterocycles. The van der Waals surface area contributed by atoms with Gasteiger partial charge >= 0.3 is 11.6 Å². The van der Waals surface area contributed by atoms with E-state index < -0.39 is 17.5 Å². The second-order valence-corrected chi connectivity index (χ2v) is 7.86. The number of methoxy groups -OCH3 is 2. The maximum Gasteiger partial charge on any atom is 0.340 e. The molecule has 2 heterocycles. The van der Waals surface area contributed by atoms with Gasteiger partial charge in [-0.15, -0.1) is 0 Å². The number of hydrogen-bond acceptors (Lipinski definition) is 8. The first-order valence-corrected chi connectivity index (χ1v) is 10.7. The molecule has 35 heavy (non-hydrogen) atoms. The zero-order valence-electron chi connectivity index (χ0n) is 19.0. The van der Waals surface area contributed by atoms with Crippen molar-refractivity contribution in [3.63, 3.8) is 0 Å². The number of benzene rings is 2. The average molecular weight is 498 g/mol. The molecule has 0 fully saturated rings. The summed E-state index contributed by atoms with van der Waals surface area (Å²) in [4.78, 5) is 37.7. The van der Waals surface area contributed by atoms with Crippen molar-refractivity contribution in [3.05, 3.63) is 86.6 Å². The van der Waals surface area contributed by atoms with Crippen LogP contribution in [0.1, 0.15) is 32.0 Å². The number of nitrogens with one attached hydrogen (secondary N) is 1. The molecule has 0 aliphatic heterocycles.